The van der Waals surface area contributed by atoms with Crippen LogP contribution in [0.25, 0.3) is 0 Å². The lowest BCUT2D eigenvalue weighted by atomic mass is 10.4. The van der Waals surface area contributed by atoms with Crippen molar-refractivity contribution in [3.05, 3.63) is 5.89 Å². The summed E-state index contributed by atoms with van der Waals surface area (Å²) in [6, 6.07) is 0.180. The lowest BCUT2D eigenvalue weighted by Crippen LogP contribution is -2.14. The number of nitrogens with zero attached hydrogens (tertiary/aromatic N) is 2. The van der Waals surface area contributed by atoms with Gasteiger partial charge in [-0.25, -0.2) is 0 Å². The van der Waals surface area contributed by atoms with Gasteiger partial charge < -0.3 is 9.52 Å². The van der Waals surface area contributed by atoms with Crippen LogP contribution in [0.2, 0.25) is 0 Å². The number of amides is 1. The van der Waals surface area contributed by atoms with E-state index < -0.39 is 0 Å². The predicted molar refractivity (Wildman–Crippen MR) is 63.9 cm³/mol. The number of carbonyl (C=O) groups is 1. The average Bonchev–Trinajstić information content (AvgIpc) is 3.07. The molecule has 0 aliphatic heterocycles. The summed E-state index contributed by atoms with van der Waals surface area (Å²) < 4.78 is 5.30. The second-order valence-corrected chi connectivity index (χ2v) is 5.00. The van der Waals surface area contributed by atoms with E-state index in [9.17, 15) is 4.79 Å². The monoisotopic (exact) mass is 257 g/mol. The molecule has 1 fully saturated rings. The minimum absolute atomic E-state index is 0.154. The number of thioether (sulfide) groups is 1. The molecule has 1 heterocycles. The highest BCUT2D eigenvalue weighted by Crippen LogP contribution is 2.39. The van der Waals surface area contributed by atoms with Gasteiger partial charge in [-0.15, -0.1) is 5.10 Å². The molecule has 0 aromatic carbocycles. The Morgan fingerprint density at radius 3 is 3.06 bits per heavy atom. The highest BCUT2D eigenvalue weighted by Gasteiger charge is 2.29. The van der Waals surface area contributed by atoms with Crippen LogP contribution >= 0.6 is 11.8 Å². The largest absolute Gasteiger partial charge is 0.408 e. The minimum atomic E-state index is -0.154. The molecule has 2 rings (SSSR count). The maximum absolute atomic E-state index is 11.4. The molecule has 94 valence electrons. The lowest BCUT2D eigenvalue weighted by Gasteiger charge is -1.99. The minimum Gasteiger partial charge on any atom is -0.408 e. The normalized spacial score (nSPS) is 14.9. The van der Waals surface area contributed by atoms with Gasteiger partial charge in [-0.1, -0.05) is 5.10 Å². The molecule has 0 spiro atoms. The second kappa shape index (κ2) is 6.02. The summed E-state index contributed by atoms with van der Waals surface area (Å²) in [6.45, 7) is 0.156. The number of rotatable bonds is 7. The van der Waals surface area contributed by atoms with Crippen molar-refractivity contribution in [3.63, 3.8) is 0 Å². The highest BCUT2D eigenvalue weighted by atomic mass is 32.2. The quantitative estimate of drug-likeness (QED) is 0.708. The van der Waals surface area contributed by atoms with Crippen LogP contribution in [0.5, 0.6) is 0 Å². The third kappa shape index (κ3) is 4.01. The van der Waals surface area contributed by atoms with Crippen molar-refractivity contribution >= 4 is 23.7 Å². The molecule has 1 saturated carbocycles. The molecule has 1 aromatic rings. The summed E-state index contributed by atoms with van der Waals surface area (Å²) >= 11 is 1.47. The molecule has 0 atom stereocenters. The van der Waals surface area contributed by atoms with Gasteiger partial charge in [0.25, 0.3) is 0 Å². The molecule has 0 saturated heterocycles. The van der Waals surface area contributed by atoms with E-state index in [0.717, 1.165) is 18.6 Å². The molecule has 7 heteroatoms. The van der Waals surface area contributed by atoms with E-state index in [1.54, 1.807) is 0 Å². The Kier molecular flexibility index (Phi) is 4.38. The van der Waals surface area contributed by atoms with Crippen LogP contribution in [0.3, 0.4) is 0 Å². The van der Waals surface area contributed by atoms with Gasteiger partial charge >= 0.3 is 6.01 Å². The predicted octanol–water partition coefficient (Wildman–Crippen LogP) is 1.00. The van der Waals surface area contributed by atoms with Gasteiger partial charge in [-0.2, -0.15) is 11.8 Å². The Bertz CT molecular complexity index is 379. The second-order valence-electron chi connectivity index (χ2n) is 3.90. The molecule has 1 aromatic heterocycles. The fraction of sp³-hybridized carbons (Fsp3) is 0.700. The van der Waals surface area contributed by atoms with Gasteiger partial charge in [0.1, 0.15) is 0 Å². The van der Waals surface area contributed by atoms with Crippen molar-refractivity contribution in [2.24, 2.45) is 0 Å². The smallest absolute Gasteiger partial charge is 0.322 e. The standard InChI is InChI=1S/C10H15N3O3S/c14-4-1-5-17-6-8(15)11-10-13-12-9(16-10)7-2-3-7/h7,14H,1-6H2,(H,11,13,15). The molecular formula is C10H15N3O3S. The van der Waals surface area contributed by atoms with Crippen molar-refractivity contribution in [1.82, 2.24) is 10.2 Å². The van der Waals surface area contributed by atoms with E-state index in [0.29, 0.717) is 24.0 Å². The van der Waals surface area contributed by atoms with Crippen molar-refractivity contribution in [2.75, 3.05) is 23.4 Å². The summed E-state index contributed by atoms with van der Waals surface area (Å²) in [5.74, 6) is 1.96. The number of anilines is 1. The van der Waals surface area contributed by atoms with Crippen molar-refractivity contribution in [1.29, 1.82) is 0 Å². The Labute approximate surface area is 103 Å². The number of aliphatic hydroxyl groups excluding tert-OH is 1. The molecule has 6 nitrogen and oxygen atoms in total. The van der Waals surface area contributed by atoms with E-state index in [2.05, 4.69) is 15.5 Å². The van der Waals surface area contributed by atoms with Gasteiger partial charge in [0, 0.05) is 12.5 Å². The zero-order valence-corrected chi connectivity index (χ0v) is 10.2. The fourth-order valence-corrected chi connectivity index (χ4v) is 2.00. The van der Waals surface area contributed by atoms with Crippen LogP contribution < -0.4 is 5.32 Å². The topological polar surface area (TPSA) is 88.2 Å². The zero-order valence-electron chi connectivity index (χ0n) is 9.39. The van der Waals surface area contributed by atoms with Gasteiger partial charge in [0.05, 0.1) is 5.75 Å². The first-order valence-corrected chi connectivity index (χ1v) is 6.77. The Morgan fingerprint density at radius 1 is 1.53 bits per heavy atom. The van der Waals surface area contributed by atoms with Crippen molar-refractivity contribution in [2.45, 2.75) is 25.2 Å². The van der Waals surface area contributed by atoms with Crippen LogP contribution in [0.15, 0.2) is 4.42 Å². The van der Waals surface area contributed by atoms with Gasteiger partial charge in [-0.05, 0) is 25.0 Å². The summed E-state index contributed by atoms with van der Waals surface area (Å²) in [5.41, 5.74) is 0. The number of carbonyl (C=O) groups excluding carboxylic acids is 1. The molecule has 0 bridgehead atoms. The molecule has 1 amide bonds. The van der Waals surface area contributed by atoms with Crippen molar-refractivity contribution in [3.8, 4) is 0 Å². The number of nitrogens with one attached hydrogen (secondary N) is 1. The van der Waals surface area contributed by atoms with E-state index in [4.69, 9.17) is 9.52 Å². The van der Waals surface area contributed by atoms with Gasteiger partial charge in [-0.3, -0.25) is 10.1 Å². The molecular weight excluding hydrogens is 242 g/mol. The Morgan fingerprint density at radius 2 is 2.35 bits per heavy atom. The summed E-state index contributed by atoms with van der Waals surface area (Å²) in [4.78, 5) is 11.4. The molecule has 0 unspecified atom stereocenters. The number of hydrogen-bond donors (Lipinski definition) is 2. The molecule has 0 radical (unpaired) electrons. The van der Waals surface area contributed by atoms with E-state index in [1.807, 2.05) is 0 Å². The third-order valence-electron chi connectivity index (χ3n) is 2.29. The first-order chi connectivity index (χ1) is 8.29. The van der Waals surface area contributed by atoms with Gasteiger partial charge in [0.15, 0.2) is 0 Å². The number of hydrogen-bond acceptors (Lipinski definition) is 6. The summed E-state index contributed by atoms with van der Waals surface area (Å²) in [6.07, 6.45) is 2.88. The third-order valence-corrected chi connectivity index (χ3v) is 3.34. The van der Waals surface area contributed by atoms with Crippen molar-refractivity contribution < 1.29 is 14.3 Å². The van der Waals surface area contributed by atoms with Crippen LogP contribution in [0.4, 0.5) is 6.01 Å². The van der Waals surface area contributed by atoms with E-state index >= 15 is 0 Å². The summed E-state index contributed by atoms with van der Waals surface area (Å²) in [7, 11) is 0. The fourth-order valence-electron chi connectivity index (χ4n) is 1.27. The first-order valence-electron chi connectivity index (χ1n) is 5.61. The Hall–Kier alpha value is -1.08. The SMILES string of the molecule is O=C(CSCCCO)Nc1nnc(C2CC2)o1. The first kappa shape index (κ1) is 12.4. The van der Waals surface area contributed by atoms with E-state index in [-0.39, 0.29) is 18.5 Å². The average molecular weight is 257 g/mol. The van der Waals surface area contributed by atoms with Crippen LogP contribution in [0.1, 0.15) is 31.1 Å². The molecule has 1 aliphatic rings. The maximum atomic E-state index is 11.4. The molecule has 2 N–H and O–H groups in total. The highest BCUT2D eigenvalue weighted by molar-refractivity contribution is 7.99. The number of aliphatic hydroxyl groups is 1. The van der Waals surface area contributed by atoms with Gasteiger partial charge in [0.2, 0.25) is 11.8 Å². The van der Waals surface area contributed by atoms with Crippen LogP contribution in [-0.4, -0.2) is 39.3 Å². The Balaban J connectivity index is 1.69. The van der Waals surface area contributed by atoms with E-state index in [1.165, 1.54) is 11.8 Å². The molecule has 1 aliphatic carbocycles. The zero-order chi connectivity index (χ0) is 12.1. The maximum Gasteiger partial charge on any atom is 0.322 e. The number of aromatic nitrogens is 2. The lowest BCUT2D eigenvalue weighted by molar-refractivity contribution is -0.113. The summed E-state index contributed by atoms with van der Waals surface area (Å²) in [5, 5.41) is 18.8. The molecule has 17 heavy (non-hydrogen) atoms. The van der Waals surface area contributed by atoms with Crippen LogP contribution in [-0.2, 0) is 4.79 Å². The van der Waals surface area contributed by atoms with Crippen LogP contribution in [0, 0.1) is 0 Å².